The minimum absolute atomic E-state index is 0.266. The SMILES string of the molecule is [C-]#[N+]c1ccccc1OC(=O)C=C. The molecule has 0 aromatic heterocycles. The summed E-state index contributed by atoms with van der Waals surface area (Å²) in [6.07, 6.45) is 1.06. The lowest BCUT2D eigenvalue weighted by atomic mass is 10.3. The minimum atomic E-state index is -0.559. The highest BCUT2D eigenvalue weighted by Gasteiger charge is 2.04. The molecule has 0 bridgehead atoms. The topological polar surface area (TPSA) is 30.7 Å². The lowest BCUT2D eigenvalue weighted by Crippen LogP contribution is -2.02. The molecule has 1 rings (SSSR count). The Kier molecular flexibility index (Phi) is 2.82. The number of hydrogen-bond acceptors (Lipinski definition) is 2. The largest absolute Gasteiger partial charge is 0.435 e. The van der Waals surface area contributed by atoms with Crippen LogP contribution in [0, 0.1) is 6.57 Å². The minimum Gasteiger partial charge on any atom is -0.435 e. The monoisotopic (exact) mass is 173 g/mol. The highest BCUT2D eigenvalue weighted by Crippen LogP contribution is 2.26. The maximum absolute atomic E-state index is 10.8. The van der Waals surface area contributed by atoms with Crippen molar-refractivity contribution in [1.82, 2.24) is 0 Å². The summed E-state index contributed by atoms with van der Waals surface area (Å²) in [4.78, 5) is 14.0. The fourth-order valence-corrected chi connectivity index (χ4v) is 0.786. The molecular weight excluding hydrogens is 166 g/mol. The van der Waals surface area contributed by atoms with Crippen LogP contribution in [-0.4, -0.2) is 5.97 Å². The van der Waals surface area contributed by atoms with Gasteiger partial charge in [-0.05, 0) is 6.07 Å². The Hall–Kier alpha value is -2.08. The molecule has 0 aliphatic carbocycles. The fraction of sp³-hybridized carbons (Fsp3) is 0. The van der Waals surface area contributed by atoms with E-state index in [1.165, 1.54) is 0 Å². The van der Waals surface area contributed by atoms with E-state index in [0.29, 0.717) is 5.69 Å². The van der Waals surface area contributed by atoms with Crippen LogP contribution in [0.3, 0.4) is 0 Å². The number of benzene rings is 1. The van der Waals surface area contributed by atoms with E-state index in [1.54, 1.807) is 24.3 Å². The number of rotatable bonds is 2. The Morgan fingerprint density at radius 1 is 1.54 bits per heavy atom. The molecule has 0 radical (unpaired) electrons. The van der Waals surface area contributed by atoms with Crippen LogP contribution in [0.15, 0.2) is 36.9 Å². The van der Waals surface area contributed by atoms with Crippen LogP contribution in [0.25, 0.3) is 4.85 Å². The van der Waals surface area contributed by atoms with Crippen LogP contribution < -0.4 is 4.74 Å². The molecule has 0 heterocycles. The van der Waals surface area contributed by atoms with E-state index >= 15 is 0 Å². The predicted molar refractivity (Wildman–Crippen MR) is 48.5 cm³/mol. The lowest BCUT2D eigenvalue weighted by molar-refractivity contribution is -0.128. The predicted octanol–water partition coefficient (Wildman–Crippen LogP) is 2.33. The van der Waals surface area contributed by atoms with Crippen molar-refractivity contribution >= 4 is 11.7 Å². The van der Waals surface area contributed by atoms with E-state index in [1.807, 2.05) is 0 Å². The molecule has 3 nitrogen and oxygen atoms in total. The maximum atomic E-state index is 10.8. The van der Waals surface area contributed by atoms with Gasteiger partial charge in [0.25, 0.3) is 0 Å². The Labute approximate surface area is 76.1 Å². The smallest absolute Gasteiger partial charge is 0.334 e. The van der Waals surface area contributed by atoms with Crippen molar-refractivity contribution in [2.75, 3.05) is 0 Å². The summed E-state index contributed by atoms with van der Waals surface area (Å²) in [5.41, 5.74) is 0.317. The molecule has 1 aromatic carbocycles. The van der Waals surface area contributed by atoms with Gasteiger partial charge in [0.2, 0.25) is 5.69 Å². The van der Waals surface area contributed by atoms with E-state index in [9.17, 15) is 4.79 Å². The Morgan fingerprint density at radius 2 is 2.23 bits per heavy atom. The van der Waals surface area contributed by atoms with Gasteiger partial charge in [0.1, 0.15) is 5.75 Å². The van der Waals surface area contributed by atoms with E-state index < -0.39 is 5.97 Å². The first-order valence-corrected chi connectivity index (χ1v) is 3.58. The normalized spacial score (nSPS) is 8.54. The number of para-hydroxylation sites is 2. The quantitative estimate of drug-likeness (QED) is 0.297. The van der Waals surface area contributed by atoms with Gasteiger partial charge < -0.3 is 4.74 Å². The zero-order valence-electron chi connectivity index (χ0n) is 6.86. The van der Waals surface area contributed by atoms with Crippen molar-refractivity contribution < 1.29 is 9.53 Å². The van der Waals surface area contributed by atoms with Gasteiger partial charge in [0.15, 0.2) is 0 Å². The van der Waals surface area contributed by atoms with Crippen molar-refractivity contribution in [3.8, 4) is 5.75 Å². The first-order valence-electron chi connectivity index (χ1n) is 3.58. The molecule has 0 fully saturated rings. The molecule has 0 saturated heterocycles. The summed E-state index contributed by atoms with van der Waals surface area (Å²) in [6.45, 7) is 10.1. The van der Waals surface area contributed by atoms with Gasteiger partial charge in [-0.3, -0.25) is 0 Å². The zero-order valence-corrected chi connectivity index (χ0v) is 6.86. The molecule has 0 spiro atoms. The van der Waals surface area contributed by atoms with Crippen molar-refractivity contribution in [3.63, 3.8) is 0 Å². The molecule has 0 saturated carbocycles. The lowest BCUT2D eigenvalue weighted by Gasteiger charge is -2.01. The van der Waals surface area contributed by atoms with Crippen LogP contribution in [0.4, 0.5) is 5.69 Å². The van der Waals surface area contributed by atoms with Crippen LogP contribution in [0.1, 0.15) is 0 Å². The Balaban J connectivity index is 2.95. The summed E-state index contributed by atoms with van der Waals surface area (Å²) < 4.78 is 4.81. The average molecular weight is 173 g/mol. The van der Waals surface area contributed by atoms with Gasteiger partial charge in [-0.1, -0.05) is 24.8 Å². The molecule has 0 amide bonds. The first-order chi connectivity index (χ1) is 6.27. The molecule has 13 heavy (non-hydrogen) atoms. The van der Waals surface area contributed by atoms with Crippen molar-refractivity contribution in [2.24, 2.45) is 0 Å². The summed E-state index contributed by atoms with van der Waals surface area (Å²) in [7, 11) is 0. The van der Waals surface area contributed by atoms with Gasteiger partial charge in [0, 0.05) is 6.08 Å². The summed E-state index contributed by atoms with van der Waals surface area (Å²) in [5, 5.41) is 0. The molecule has 0 N–H and O–H groups in total. The van der Waals surface area contributed by atoms with Crippen LogP contribution >= 0.6 is 0 Å². The molecule has 0 unspecified atom stereocenters. The number of esters is 1. The maximum Gasteiger partial charge on any atom is 0.334 e. The number of ether oxygens (including phenoxy) is 1. The molecule has 0 atom stereocenters. The highest BCUT2D eigenvalue weighted by molar-refractivity contribution is 5.84. The fourth-order valence-electron chi connectivity index (χ4n) is 0.786. The Morgan fingerprint density at radius 3 is 2.85 bits per heavy atom. The van der Waals surface area contributed by atoms with Gasteiger partial charge in [0.05, 0.1) is 6.57 Å². The molecule has 64 valence electrons. The third-order valence-corrected chi connectivity index (χ3v) is 1.36. The molecule has 0 aliphatic heterocycles. The first kappa shape index (κ1) is 9.01. The van der Waals surface area contributed by atoms with Crippen molar-refractivity contribution in [3.05, 3.63) is 48.3 Å². The zero-order chi connectivity index (χ0) is 9.68. The van der Waals surface area contributed by atoms with Gasteiger partial charge in [-0.2, -0.15) is 0 Å². The Bertz CT molecular complexity index is 377. The van der Waals surface area contributed by atoms with Crippen molar-refractivity contribution in [1.29, 1.82) is 0 Å². The third-order valence-electron chi connectivity index (χ3n) is 1.36. The van der Waals surface area contributed by atoms with Crippen LogP contribution in [0.2, 0.25) is 0 Å². The standard InChI is InChI=1S/C10H7NO2/c1-3-10(12)13-9-7-5-4-6-8(9)11-2/h3-7H,1H2. The van der Waals surface area contributed by atoms with E-state index in [-0.39, 0.29) is 5.75 Å². The second-order valence-electron chi connectivity index (χ2n) is 2.20. The molecule has 1 aromatic rings. The van der Waals surface area contributed by atoms with Gasteiger partial charge in [-0.25, -0.2) is 9.64 Å². The van der Waals surface area contributed by atoms with Crippen LogP contribution in [-0.2, 0) is 4.79 Å². The van der Waals surface area contributed by atoms with Gasteiger partial charge >= 0.3 is 5.97 Å². The van der Waals surface area contributed by atoms with E-state index in [4.69, 9.17) is 11.3 Å². The third kappa shape index (κ3) is 2.17. The van der Waals surface area contributed by atoms with E-state index in [0.717, 1.165) is 6.08 Å². The van der Waals surface area contributed by atoms with E-state index in [2.05, 4.69) is 11.4 Å². The summed E-state index contributed by atoms with van der Waals surface area (Å²) in [5.74, 6) is -0.293. The number of nitrogens with zero attached hydrogens (tertiary/aromatic N) is 1. The number of carbonyl (C=O) groups excluding carboxylic acids is 1. The number of carbonyl (C=O) groups is 1. The number of hydrogen-bond donors (Lipinski definition) is 0. The molecule has 3 heteroatoms. The van der Waals surface area contributed by atoms with Crippen LogP contribution in [0.5, 0.6) is 5.75 Å². The molecular formula is C10H7NO2. The highest BCUT2D eigenvalue weighted by atomic mass is 16.5. The van der Waals surface area contributed by atoms with Gasteiger partial charge in [-0.15, -0.1) is 0 Å². The second kappa shape index (κ2) is 4.07. The van der Waals surface area contributed by atoms with Crippen molar-refractivity contribution in [2.45, 2.75) is 0 Å². The summed E-state index contributed by atoms with van der Waals surface area (Å²) in [6, 6.07) is 6.55. The average Bonchev–Trinajstić information content (AvgIpc) is 2.18. The molecule has 0 aliphatic rings. The summed E-state index contributed by atoms with van der Waals surface area (Å²) >= 11 is 0. The second-order valence-corrected chi connectivity index (χ2v) is 2.20.